The zero-order valence-corrected chi connectivity index (χ0v) is 7.07. The first-order valence-corrected chi connectivity index (χ1v) is 3.70. The number of nitrogens with two attached hydrogens (primary N) is 1. The molecule has 0 bridgehead atoms. The molecule has 12 heavy (non-hydrogen) atoms. The van der Waals surface area contributed by atoms with Gasteiger partial charge in [0.15, 0.2) is 5.82 Å². The number of carbonyl (C=O) groups is 1. The molecule has 0 saturated heterocycles. The molecule has 5 nitrogen and oxygen atoms in total. The average molecular weight is 169 g/mol. The van der Waals surface area contributed by atoms with Gasteiger partial charge in [0.25, 0.3) is 0 Å². The molecule has 0 saturated carbocycles. The Bertz CT molecular complexity index is 280. The van der Waals surface area contributed by atoms with Crippen molar-refractivity contribution in [2.24, 2.45) is 5.73 Å². The summed E-state index contributed by atoms with van der Waals surface area (Å²) in [5, 5.41) is 3.67. The molecule has 0 aliphatic heterocycles. The number of nitrogens with zero attached hydrogens (tertiary/aromatic N) is 2. The van der Waals surface area contributed by atoms with Gasteiger partial charge >= 0.3 is 0 Å². The number of hydrogen-bond donors (Lipinski definition) is 1. The first-order valence-electron chi connectivity index (χ1n) is 3.70. The Hall–Kier alpha value is -1.39. The highest BCUT2D eigenvalue weighted by Crippen LogP contribution is 2.09. The minimum Gasteiger partial charge on any atom is -0.369 e. The van der Waals surface area contributed by atoms with Crippen molar-refractivity contribution >= 4 is 5.91 Å². The fraction of sp³-hybridized carbons (Fsp3) is 0.571. The molecule has 0 aliphatic carbocycles. The highest BCUT2D eigenvalue weighted by Gasteiger charge is 2.10. The number of aromatic nitrogens is 2. The van der Waals surface area contributed by atoms with Gasteiger partial charge in [-0.1, -0.05) is 19.0 Å². The maximum Gasteiger partial charge on any atom is 0.236 e. The molecule has 0 spiro atoms. The normalized spacial score (nSPS) is 10.6. The van der Waals surface area contributed by atoms with Crippen molar-refractivity contribution in [3.8, 4) is 0 Å². The van der Waals surface area contributed by atoms with Crippen LogP contribution in [0, 0.1) is 0 Å². The number of amides is 1. The lowest BCUT2D eigenvalue weighted by Gasteiger charge is -1.91. The summed E-state index contributed by atoms with van der Waals surface area (Å²) in [7, 11) is 0. The van der Waals surface area contributed by atoms with Crippen molar-refractivity contribution in [2.45, 2.75) is 26.2 Å². The molecule has 2 N–H and O–H groups in total. The minimum atomic E-state index is -0.464. The van der Waals surface area contributed by atoms with E-state index in [0.29, 0.717) is 5.82 Å². The summed E-state index contributed by atoms with van der Waals surface area (Å²) in [6, 6.07) is 0. The summed E-state index contributed by atoms with van der Waals surface area (Å²) < 4.78 is 4.77. The second kappa shape index (κ2) is 3.34. The molecule has 0 fully saturated rings. The van der Waals surface area contributed by atoms with Crippen LogP contribution in [-0.2, 0) is 11.2 Å². The monoisotopic (exact) mass is 169 g/mol. The lowest BCUT2D eigenvalue weighted by Crippen LogP contribution is -2.13. The molecular weight excluding hydrogens is 158 g/mol. The summed E-state index contributed by atoms with van der Waals surface area (Å²) in [6.07, 6.45) is 0.0136. The average Bonchev–Trinajstić information content (AvgIpc) is 2.34. The van der Waals surface area contributed by atoms with E-state index in [1.807, 2.05) is 13.8 Å². The second-order valence-corrected chi connectivity index (χ2v) is 2.84. The van der Waals surface area contributed by atoms with E-state index in [1.54, 1.807) is 0 Å². The van der Waals surface area contributed by atoms with Gasteiger partial charge < -0.3 is 10.3 Å². The van der Waals surface area contributed by atoms with E-state index in [4.69, 9.17) is 10.3 Å². The van der Waals surface area contributed by atoms with E-state index in [0.717, 1.165) is 0 Å². The van der Waals surface area contributed by atoms with E-state index >= 15 is 0 Å². The van der Waals surface area contributed by atoms with E-state index < -0.39 is 5.91 Å². The van der Waals surface area contributed by atoms with Gasteiger partial charge in [-0.05, 0) is 0 Å². The fourth-order valence-corrected chi connectivity index (χ4v) is 0.723. The van der Waals surface area contributed by atoms with Crippen LogP contribution < -0.4 is 5.73 Å². The van der Waals surface area contributed by atoms with E-state index in [-0.39, 0.29) is 18.2 Å². The number of rotatable bonds is 3. The van der Waals surface area contributed by atoms with E-state index in [2.05, 4.69) is 10.1 Å². The zero-order valence-electron chi connectivity index (χ0n) is 7.07. The summed E-state index contributed by atoms with van der Waals surface area (Å²) in [5.41, 5.74) is 4.94. The zero-order chi connectivity index (χ0) is 9.14. The molecule has 0 atom stereocenters. The molecule has 5 heteroatoms. The van der Waals surface area contributed by atoms with Crippen LogP contribution in [0.15, 0.2) is 4.52 Å². The van der Waals surface area contributed by atoms with Crippen LogP contribution in [0.4, 0.5) is 0 Å². The second-order valence-electron chi connectivity index (χ2n) is 2.84. The van der Waals surface area contributed by atoms with Crippen LogP contribution in [0.3, 0.4) is 0 Å². The van der Waals surface area contributed by atoms with Gasteiger partial charge in [0.1, 0.15) is 6.42 Å². The van der Waals surface area contributed by atoms with Crippen LogP contribution >= 0.6 is 0 Å². The molecule has 1 aromatic heterocycles. The maximum atomic E-state index is 10.4. The number of primary amides is 1. The lowest BCUT2D eigenvalue weighted by molar-refractivity contribution is -0.117. The van der Waals surface area contributed by atoms with Crippen molar-refractivity contribution in [1.29, 1.82) is 0 Å². The predicted octanol–water partition coefficient (Wildman–Crippen LogP) is 0.221. The van der Waals surface area contributed by atoms with Crippen molar-refractivity contribution < 1.29 is 9.32 Å². The Labute approximate surface area is 69.9 Å². The van der Waals surface area contributed by atoms with Crippen molar-refractivity contribution in [1.82, 2.24) is 10.1 Å². The SMILES string of the molecule is CC(C)c1noc(CC(N)=O)n1. The largest absolute Gasteiger partial charge is 0.369 e. The molecule has 1 heterocycles. The Morgan fingerprint density at radius 2 is 2.33 bits per heavy atom. The summed E-state index contributed by atoms with van der Waals surface area (Å²) >= 11 is 0. The van der Waals surface area contributed by atoms with Crippen LogP contribution in [0.2, 0.25) is 0 Å². The third kappa shape index (κ3) is 2.05. The highest BCUT2D eigenvalue weighted by atomic mass is 16.5. The van der Waals surface area contributed by atoms with Gasteiger partial charge in [0.05, 0.1) is 0 Å². The van der Waals surface area contributed by atoms with Gasteiger partial charge in [-0.15, -0.1) is 0 Å². The summed E-state index contributed by atoms with van der Waals surface area (Å²) in [5.74, 6) is 0.627. The van der Waals surface area contributed by atoms with Gasteiger partial charge in [0.2, 0.25) is 11.8 Å². The van der Waals surface area contributed by atoms with Crippen LogP contribution in [0.25, 0.3) is 0 Å². The standard InChI is InChI=1S/C7H11N3O2/c1-4(2)7-9-6(12-10-7)3-5(8)11/h4H,3H2,1-2H3,(H2,8,11). The van der Waals surface area contributed by atoms with Gasteiger partial charge in [-0.2, -0.15) is 4.98 Å². The van der Waals surface area contributed by atoms with Crippen molar-refractivity contribution in [2.75, 3.05) is 0 Å². The summed E-state index contributed by atoms with van der Waals surface area (Å²) in [6.45, 7) is 3.89. The van der Waals surface area contributed by atoms with Crippen molar-refractivity contribution in [3.05, 3.63) is 11.7 Å². The van der Waals surface area contributed by atoms with Gasteiger partial charge in [-0.25, -0.2) is 0 Å². The Morgan fingerprint density at radius 3 is 2.75 bits per heavy atom. The molecular formula is C7H11N3O2. The smallest absolute Gasteiger partial charge is 0.236 e. The third-order valence-electron chi connectivity index (χ3n) is 1.33. The predicted molar refractivity (Wildman–Crippen MR) is 41.3 cm³/mol. The number of hydrogen-bond acceptors (Lipinski definition) is 4. The first-order chi connectivity index (χ1) is 5.59. The molecule has 0 unspecified atom stereocenters. The highest BCUT2D eigenvalue weighted by molar-refractivity contribution is 5.75. The molecule has 0 aliphatic rings. The molecule has 0 aromatic carbocycles. The number of carbonyl (C=O) groups excluding carboxylic acids is 1. The minimum absolute atomic E-state index is 0.0136. The fourth-order valence-electron chi connectivity index (χ4n) is 0.723. The topological polar surface area (TPSA) is 82.0 Å². The maximum absolute atomic E-state index is 10.4. The van der Waals surface area contributed by atoms with Crippen LogP contribution in [0.1, 0.15) is 31.5 Å². The third-order valence-corrected chi connectivity index (χ3v) is 1.33. The quantitative estimate of drug-likeness (QED) is 0.701. The van der Waals surface area contributed by atoms with Gasteiger partial charge in [-0.3, -0.25) is 4.79 Å². The summed E-state index contributed by atoms with van der Waals surface area (Å²) in [4.78, 5) is 14.4. The molecule has 0 radical (unpaired) electrons. The van der Waals surface area contributed by atoms with Crippen LogP contribution in [0.5, 0.6) is 0 Å². The van der Waals surface area contributed by atoms with Crippen molar-refractivity contribution in [3.63, 3.8) is 0 Å². The Balaban J connectivity index is 2.70. The Kier molecular flexibility index (Phi) is 2.42. The van der Waals surface area contributed by atoms with Crippen LogP contribution in [-0.4, -0.2) is 16.0 Å². The van der Waals surface area contributed by atoms with E-state index in [1.165, 1.54) is 0 Å². The van der Waals surface area contributed by atoms with E-state index in [9.17, 15) is 4.79 Å². The van der Waals surface area contributed by atoms with Gasteiger partial charge in [0, 0.05) is 5.92 Å². The lowest BCUT2D eigenvalue weighted by atomic mass is 10.2. The first kappa shape index (κ1) is 8.70. The molecule has 1 aromatic rings. The molecule has 1 rings (SSSR count). The Morgan fingerprint density at radius 1 is 1.67 bits per heavy atom. The molecule has 66 valence electrons. The molecule has 1 amide bonds.